The Morgan fingerprint density at radius 1 is 1.11 bits per heavy atom. The van der Waals surface area contributed by atoms with Crippen molar-refractivity contribution < 1.29 is 4.74 Å². The molecule has 0 unspecified atom stereocenters. The van der Waals surface area contributed by atoms with Crippen LogP contribution in [0.15, 0.2) is 42.5 Å². The van der Waals surface area contributed by atoms with E-state index in [2.05, 4.69) is 96.0 Å². The molecule has 3 nitrogen and oxygen atoms in total. The summed E-state index contributed by atoms with van der Waals surface area (Å²) in [7, 11) is 0. The standard InChI is InChI=1S/C24H31IN2O/c1-23(2,3)20-15-19-17-26-24(28-22(19)21(25)16-20)10-13-27(14-11-24)12-9-18-7-5-4-6-8-18/h4-8,15-16,26H,9-14,17H2,1-3H3. The van der Waals surface area contributed by atoms with Crippen molar-refractivity contribution in [3.63, 3.8) is 0 Å². The summed E-state index contributed by atoms with van der Waals surface area (Å²) in [5.41, 5.74) is 4.07. The van der Waals surface area contributed by atoms with Crippen molar-refractivity contribution in [2.45, 2.75) is 57.7 Å². The van der Waals surface area contributed by atoms with Gasteiger partial charge in [-0.1, -0.05) is 57.2 Å². The fourth-order valence-electron chi connectivity index (χ4n) is 4.17. The maximum atomic E-state index is 6.62. The van der Waals surface area contributed by atoms with Crippen molar-refractivity contribution in [1.29, 1.82) is 0 Å². The molecule has 2 aromatic rings. The number of hydrogen-bond acceptors (Lipinski definition) is 3. The number of hydrogen-bond donors (Lipinski definition) is 1. The lowest BCUT2D eigenvalue weighted by Gasteiger charge is -2.45. The van der Waals surface area contributed by atoms with Crippen LogP contribution in [0.5, 0.6) is 5.75 Å². The Balaban J connectivity index is 1.39. The van der Waals surface area contributed by atoms with Crippen LogP contribution in [0.3, 0.4) is 0 Å². The van der Waals surface area contributed by atoms with E-state index in [4.69, 9.17) is 4.74 Å². The summed E-state index contributed by atoms with van der Waals surface area (Å²) >= 11 is 2.45. The number of fused-ring (bicyclic) bond motifs is 1. The van der Waals surface area contributed by atoms with Crippen LogP contribution in [0, 0.1) is 3.57 Å². The Hall–Kier alpha value is -1.11. The van der Waals surface area contributed by atoms with Crippen LogP contribution in [0.2, 0.25) is 0 Å². The summed E-state index contributed by atoms with van der Waals surface area (Å²) in [5, 5.41) is 3.74. The third-order valence-electron chi connectivity index (χ3n) is 6.11. The van der Waals surface area contributed by atoms with E-state index in [9.17, 15) is 0 Å². The molecule has 0 bridgehead atoms. The first-order valence-corrected chi connectivity index (χ1v) is 11.5. The second-order valence-corrected chi connectivity index (χ2v) is 10.4. The van der Waals surface area contributed by atoms with Crippen LogP contribution in [0.4, 0.5) is 0 Å². The Morgan fingerprint density at radius 2 is 1.82 bits per heavy atom. The smallest absolute Gasteiger partial charge is 0.163 e. The van der Waals surface area contributed by atoms with Gasteiger partial charge in [0.25, 0.3) is 0 Å². The van der Waals surface area contributed by atoms with Gasteiger partial charge in [-0.2, -0.15) is 0 Å². The minimum Gasteiger partial charge on any atom is -0.471 e. The van der Waals surface area contributed by atoms with Gasteiger partial charge in [0.2, 0.25) is 0 Å². The quantitative estimate of drug-likeness (QED) is 0.606. The van der Waals surface area contributed by atoms with Crippen molar-refractivity contribution in [3.8, 4) is 5.75 Å². The molecule has 1 fully saturated rings. The predicted octanol–water partition coefficient (Wildman–Crippen LogP) is 5.11. The fraction of sp³-hybridized carbons (Fsp3) is 0.500. The largest absolute Gasteiger partial charge is 0.471 e. The normalized spacial score (nSPS) is 19.3. The average molecular weight is 490 g/mol. The van der Waals surface area contributed by atoms with Crippen molar-refractivity contribution in [1.82, 2.24) is 10.2 Å². The molecule has 0 saturated carbocycles. The van der Waals surface area contributed by atoms with E-state index in [0.29, 0.717) is 0 Å². The van der Waals surface area contributed by atoms with E-state index in [1.807, 2.05) is 0 Å². The van der Waals surface area contributed by atoms with E-state index >= 15 is 0 Å². The molecule has 2 aliphatic heterocycles. The van der Waals surface area contributed by atoms with Crippen molar-refractivity contribution in [2.75, 3.05) is 19.6 Å². The Labute approximate surface area is 183 Å². The van der Waals surface area contributed by atoms with Gasteiger partial charge >= 0.3 is 0 Å². The summed E-state index contributed by atoms with van der Waals surface area (Å²) in [5.74, 6) is 1.10. The highest BCUT2D eigenvalue weighted by atomic mass is 127. The Bertz CT molecular complexity index is 820. The summed E-state index contributed by atoms with van der Waals surface area (Å²) in [6.45, 7) is 11.0. The van der Waals surface area contributed by atoms with Gasteiger partial charge in [0, 0.05) is 44.6 Å². The number of piperidine rings is 1. The number of ether oxygens (including phenoxy) is 1. The molecular formula is C24H31IN2O. The monoisotopic (exact) mass is 490 g/mol. The third-order valence-corrected chi connectivity index (χ3v) is 6.91. The number of halogens is 1. The van der Waals surface area contributed by atoms with E-state index in [1.165, 1.54) is 20.3 Å². The predicted molar refractivity (Wildman–Crippen MR) is 124 cm³/mol. The Morgan fingerprint density at radius 3 is 2.50 bits per heavy atom. The highest BCUT2D eigenvalue weighted by molar-refractivity contribution is 14.1. The maximum Gasteiger partial charge on any atom is 0.163 e. The molecule has 0 radical (unpaired) electrons. The summed E-state index contributed by atoms with van der Waals surface area (Å²) < 4.78 is 7.87. The average Bonchev–Trinajstić information content (AvgIpc) is 2.68. The molecule has 150 valence electrons. The highest BCUT2D eigenvalue weighted by Gasteiger charge is 2.40. The lowest BCUT2D eigenvalue weighted by molar-refractivity contribution is -0.0388. The molecular weight excluding hydrogens is 459 g/mol. The number of nitrogens with zero attached hydrogens (tertiary/aromatic N) is 1. The molecule has 1 spiro atoms. The molecule has 4 heteroatoms. The van der Waals surface area contributed by atoms with Crippen LogP contribution in [0.1, 0.15) is 50.3 Å². The summed E-state index contributed by atoms with van der Waals surface area (Å²) in [6, 6.07) is 15.4. The van der Waals surface area contributed by atoms with Crippen LogP contribution in [-0.4, -0.2) is 30.3 Å². The molecule has 1 N–H and O–H groups in total. The van der Waals surface area contributed by atoms with E-state index in [-0.39, 0.29) is 11.1 Å². The topological polar surface area (TPSA) is 24.5 Å². The minimum atomic E-state index is -0.195. The summed E-state index contributed by atoms with van der Waals surface area (Å²) in [6.07, 6.45) is 3.20. The molecule has 0 amide bonds. The maximum absolute atomic E-state index is 6.62. The second kappa shape index (κ2) is 7.96. The molecule has 2 aromatic carbocycles. The van der Waals surface area contributed by atoms with E-state index < -0.39 is 0 Å². The SMILES string of the molecule is CC(C)(C)c1cc(I)c2c(c1)CNC1(CCN(CCc3ccccc3)CC1)O2. The highest BCUT2D eigenvalue weighted by Crippen LogP contribution is 2.39. The van der Waals surface area contributed by atoms with Gasteiger partial charge in [-0.3, -0.25) is 5.32 Å². The van der Waals surface area contributed by atoms with Crippen molar-refractivity contribution in [2.24, 2.45) is 0 Å². The van der Waals surface area contributed by atoms with Gasteiger partial charge in [0.1, 0.15) is 5.75 Å². The zero-order valence-electron chi connectivity index (χ0n) is 17.2. The number of rotatable bonds is 3. The molecule has 0 aliphatic carbocycles. The number of likely N-dealkylation sites (tertiary alicyclic amines) is 1. The molecule has 2 heterocycles. The first-order valence-electron chi connectivity index (χ1n) is 10.4. The van der Waals surface area contributed by atoms with Crippen LogP contribution < -0.4 is 10.1 Å². The zero-order chi connectivity index (χ0) is 19.8. The van der Waals surface area contributed by atoms with Crippen LogP contribution in [0.25, 0.3) is 0 Å². The van der Waals surface area contributed by atoms with Gasteiger partial charge in [-0.05, 0) is 51.6 Å². The molecule has 4 rings (SSSR count). The number of benzene rings is 2. The lowest BCUT2D eigenvalue weighted by atomic mass is 9.85. The van der Waals surface area contributed by atoms with Crippen LogP contribution in [-0.2, 0) is 18.4 Å². The third kappa shape index (κ3) is 4.39. The minimum absolute atomic E-state index is 0.161. The first-order chi connectivity index (χ1) is 13.3. The van der Waals surface area contributed by atoms with E-state index in [1.54, 1.807) is 0 Å². The van der Waals surface area contributed by atoms with Crippen molar-refractivity contribution >= 4 is 22.6 Å². The van der Waals surface area contributed by atoms with Crippen molar-refractivity contribution in [3.05, 3.63) is 62.7 Å². The van der Waals surface area contributed by atoms with Gasteiger partial charge < -0.3 is 9.64 Å². The molecule has 2 aliphatic rings. The van der Waals surface area contributed by atoms with Gasteiger partial charge in [0.05, 0.1) is 3.57 Å². The van der Waals surface area contributed by atoms with Crippen LogP contribution >= 0.6 is 22.6 Å². The summed E-state index contributed by atoms with van der Waals surface area (Å²) in [4.78, 5) is 2.58. The van der Waals surface area contributed by atoms with Gasteiger partial charge in [0.15, 0.2) is 5.72 Å². The molecule has 0 atom stereocenters. The molecule has 0 aromatic heterocycles. The van der Waals surface area contributed by atoms with Gasteiger partial charge in [-0.25, -0.2) is 0 Å². The fourth-order valence-corrected chi connectivity index (χ4v) is 4.96. The van der Waals surface area contributed by atoms with E-state index in [0.717, 1.165) is 51.2 Å². The molecule has 28 heavy (non-hydrogen) atoms. The first kappa shape index (κ1) is 20.2. The second-order valence-electron chi connectivity index (χ2n) is 9.22. The Kier molecular flexibility index (Phi) is 5.73. The van der Waals surface area contributed by atoms with Gasteiger partial charge in [-0.15, -0.1) is 0 Å². The lowest BCUT2D eigenvalue weighted by Crippen LogP contribution is -2.58. The zero-order valence-corrected chi connectivity index (χ0v) is 19.4. The molecule has 1 saturated heterocycles. The number of nitrogens with one attached hydrogen (secondary N) is 1.